The summed E-state index contributed by atoms with van der Waals surface area (Å²) in [7, 11) is 3.14. The number of benzene rings is 1. The number of aryl methyl sites for hydroxylation is 1. The molecule has 1 unspecified atom stereocenters. The molecule has 0 saturated carbocycles. The molecule has 0 fully saturated rings. The van der Waals surface area contributed by atoms with Crippen molar-refractivity contribution in [2.75, 3.05) is 14.2 Å². The second kappa shape index (κ2) is 5.43. The number of aliphatic hydroxyl groups is 1. The Balaban J connectivity index is 2.84. The first-order valence-corrected chi connectivity index (χ1v) is 5.34. The minimum atomic E-state index is -0.942. The van der Waals surface area contributed by atoms with Gasteiger partial charge in [-0.1, -0.05) is 29.8 Å². The van der Waals surface area contributed by atoms with Gasteiger partial charge in [-0.2, -0.15) is 0 Å². The van der Waals surface area contributed by atoms with Gasteiger partial charge in [-0.05, 0) is 19.4 Å². The van der Waals surface area contributed by atoms with Crippen LogP contribution in [0.3, 0.4) is 0 Å². The molecule has 0 radical (unpaired) electrons. The second-order valence-corrected chi connectivity index (χ2v) is 4.25. The molecular weight excluding hydrogens is 204 g/mol. The van der Waals surface area contributed by atoms with E-state index >= 15 is 0 Å². The van der Waals surface area contributed by atoms with Gasteiger partial charge in [0.2, 0.25) is 0 Å². The van der Waals surface area contributed by atoms with Crippen LogP contribution in [0.2, 0.25) is 0 Å². The van der Waals surface area contributed by atoms with Crippen molar-refractivity contribution in [3.8, 4) is 0 Å². The van der Waals surface area contributed by atoms with Crippen molar-refractivity contribution in [3.63, 3.8) is 0 Å². The van der Waals surface area contributed by atoms with Gasteiger partial charge in [-0.15, -0.1) is 0 Å². The van der Waals surface area contributed by atoms with Gasteiger partial charge in [-0.25, -0.2) is 0 Å². The smallest absolute Gasteiger partial charge is 0.159 e. The third kappa shape index (κ3) is 3.30. The van der Waals surface area contributed by atoms with Gasteiger partial charge < -0.3 is 14.6 Å². The van der Waals surface area contributed by atoms with E-state index in [-0.39, 0.29) is 0 Å². The molecule has 0 aliphatic carbocycles. The van der Waals surface area contributed by atoms with Crippen LogP contribution in [0.4, 0.5) is 0 Å². The maximum Gasteiger partial charge on any atom is 0.159 e. The van der Waals surface area contributed by atoms with E-state index in [4.69, 9.17) is 9.47 Å². The molecule has 0 aliphatic heterocycles. The van der Waals surface area contributed by atoms with Crippen LogP contribution in [0, 0.1) is 6.92 Å². The van der Waals surface area contributed by atoms with Gasteiger partial charge >= 0.3 is 0 Å². The highest BCUT2D eigenvalue weighted by Gasteiger charge is 2.27. The van der Waals surface area contributed by atoms with E-state index in [9.17, 15) is 5.11 Å². The van der Waals surface area contributed by atoms with Crippen molar-refractivity contribution in [1.29, 1.82) is 0 Å². The van der Waals surface area contributed by atoms with E-state index in [1.54, 1.807) is 21.1 Å². The van der Waals surface area contributed by atoms with Gasteiger partial charge in [0.15, 0.2) is 6.29 Å². The molecule has 1 rings (SSSR count). The van der Waals surface area contributed by atoms with Gasteiger partial charge in [0, 0.05) is 20.6 Å². The maximum absolute atomic E-state index is 10.4. The molecule has 0 saturated heterocycles. The van der Waals surface area contributed by atoms with Crippen molar-refractivity contribution in [1.82, 2.24) is 0 Å². The minimum absolute atomic E-state index is 0.393. The largest absolute Gasteiger partial charge is 0.385 e. The SMILES string of the molecule is COC(CC(C)(O)c1cccc(C)c1)OC. The summed E-state index contributed by atoms with van der Waals surface area (Å²) in [6.45, 7) is 3.77. The van der Waals surface area contributed by atoms with Crippen LogP contribution in [0.25, 0.3) is 0 Å². The lowest BCUT2D eigenvalue weighted by atomic mass is 9.91. The van der Waals surface area contributed by atoms with Crippen molar-refractivity contribution in [2.24, 2.45) is 0 Å². The molecule has 0 aromatic heterocycles. The highest BCUT2D eigenvalue weighted by molar-refractivity contribution is 5.26. The number of methoxy groups -OCH3 is 2. The molecule has 1 N–H and O–H groups in total. The first kappa shape index (κ1) is 13.2. The number of ether oxygens (including phenoxy) is 2. The zero-order valence-corrected chi connectivity index (χ0v) is 10.4. The van der Waals surface area contributed by atoms with Gasteiger partial charge in [0.25, 0.3) is 0 Å². The van der Waals surface area contributed by atoms with Crippen molar-refractivity contribution in [3.05, 3.63) is 35.4 Å². The third-order valence-electron chi connectivity index (χ3n) is 2.73. The average molecular weight is 224 g/mol. The molecule has 1 aromatic rings. The average Bonchev–Trinajstić information content (AvgIpc) is 2.26. The molecule has 0 aliphatic rings. The quantitative estimate of drug-likeness (QED) is 0.779. The Morgan fingerprint density at radius 1 is 1.31 bits per heavy atom. The molecule has 0 amide bonds. The second-order valence-electron chi connectivity index (χ2n) is 4.25. The van der Waals surface area contributed by atoms with Crippen molar-refractivity contribution < 1.29 is 14.6 Å². The third-order valence-corrected chi connectivity index (χ3v) is 2.73. The van der Waals surface area contributed by atoms with Crippen LogP contribution in [-0.4, -0.2) is 25.6 Å². The Kier molecular flexibility index (Phi) is 4.47. The number of rotatable bonds is 5. The van der Waals surface area contributed by atoms with Crippen LogP contribution < -0.4 is 0 Å². The summed E-state index contributed by atoms with van der Waals surface area (Å²) in [4.78, 5) is 0. The summed E-state index contributed by atoms with van der Waals surface area (Å²) < 4.78 is 10.2. The normalized spacial score (nSPS) is 15.1. The fourth-order valence-corrected chi connectivity index (χ4v) is 1.69. The molecule has 3 heteroatoms. The minimum Gasteiger partial charge on any atom is -0.385 e. The standard InChI is InChI=1S/C13H20O3/c1-10-6-5-7-11(8-10)13(2,14)9-12(15-3)16-4/h5-8,12,14H,9H2,1-4H3. The lowest BCUT2D eigenvalue weighted by Crippen LogP contribution is -2.29. The predicted molar refractivity (Wildman–Crippen MR) is 63.2 cm³/mol. The molecule has 1 atom stereocenters. The fourth-order valence-electron chi connectivity index (χ4n) is 1.69. The highest BCUT2D eigenvalue weighted by Crippen LogP contribution is 2.27. The monoisotopic (exact) mass is 224 g/mol. The zero-order chi connectivity index (χ0) is 12.2. The molecule has 16 heavy (non-hydrogen) atoms. The summed E-state index contributed by atoms with van der Waals surface area (Å²) in [6.07, 6.45) is 0.0132. The van der Waals surface area contributed by atoms with Gasteiger partial charge in [0.1, 0.15) is 0 Å². The molecule has 0 bridgehead atoms. The Morgan fingerprint density at radius 2 is 1.94 bits per heavy atom. The molecular formula is C13H20O3. The number of hydrogen-bond donors (Lipinski definition) is 1. The molecule has 1 aromatic carbocycles. The Bertz CT molecular complexity index is 330. The number of hydrogen-bond acceptors (Lipinski definition) is 3. The van der Waals surface area contributed by atoms with Crippen LogP contribution >= 0.6 is 0 Å². The van der Waals surface area contributed by atoms with Crippen LogP contribution in [-0.2, 0) is 15.1 Å². The van der Waals surface area contributed by atoms with E-state index in [0.717, 1.165) is 11.1 Å². The van der Waals surface area contributed by atoms with Crippen LogP contribution in [0.1, 0.15) is 24.5 Å². The van der Waals surface area contributed by atoms with Crippen LogP contribution in [0.5, 0.6) is 0 Å². The first-order chi connectivity index (χ1) is 7.49. The maximum atomic E-state index is 10.4. The molecule has 90 valence electrons. The molecule has 0 spiro atoms. The van der Waals surface area contributed by atoms with Crippen molar-refractivity contribution in [2.45, 2.75) is 32.2 Å². The van der Waals surface area contributed by atoms with E-state index < -0.39 is 11.9 Å². The predicted octanol–water partition coefficient (Wildman–Crippen LogP) is 2.21. The molecule has 3 nitrogen and oxygen atoms in total. The highest BCUT2D eigenvalue weighted by atomic mass is 16.7. The fraction of sp³-hybridized carbons (Fsp3) is 0.538. The van der Waals surface area contributed by atoms with Gasteiger partial charge in [0.05, 0.1) is 5.60 Å². The summed E-state index contributed by atoms with van der Waals surface area (Å²) in [5.74, 6) is 0. The van der Waals surface area contributed by atoms with Crippen LogP contribution in [0.15, 0.2) is 24.3 Å². The summed E-state index contributed by atoms with van der Waals surface area (Å²) in [5.41, 5.74) is 1.07. The zero-order valence-electron chi connectivity index (χ0n) is 10.4. The Hall–Kier alpha value is -0.900. The Labute approximate surface area is 97.0 Å². The first-order valence-electron chi connectivity index (χ1n) is 5.34. The summed E-state index contributed by atoms with van der Waals surface area (Å²) >= 11 is 0. The lowest BCUT2D eigenvalue weighted by molar-refractivity contribution is -0.142. The lowest BCUT2D eigenvalue weighted by Gasteiger charge is -2.27. The summed E-state index contributed by atoms with van der Waals surface area (Å²) in [6, 6.07) is 7.83. The van der Waals surface area contributed by atoms with E-state index in [2.05, 4.69) is 0 Å². The topological polar surface area (TPSA) is 38.7 Å². The summed E-state index contributed by atoms with van der Waals surface area (Å²) in [5, 5.41) is 10.4. The van der Waals surface area contributed by atoms with Crippen molar-refractivity contribution >= 4 is 0 Å². The van der Waals surface area contributed by atoms with E-state index in [1.807, 2.05) is 31.2 Å². The Morgan fingerprint density at radius 3 is 2.44 bits per heavy atom. The van der Waals surface area contributed by atoms with E-state index in [1.165, 1.54) is 0 Å². The van der Waals surface area contributed by atoms with E-state index in [0.29, 0.717) is 6.42 Å². The molecule has 0 heterocycles. The van der Waals surface area contributed by atoms with Gasteiger partial charge in [-0.3, -0.25) is 0 Å².